The standard InChI is InChI=1S/H23P21/c1-12-18(13(2)3)21(19(14(4)5)15(6)7)20(16(8)9)17(10)11/h12H,1-11H2. The van der Waals surface area contributed by atoms with E-state index in [0.717, 1.165) is 7.96 Å². The van der Waals surface area contributed by atoms with Crippen LogP contribution in [0.5, 0.6) is 0 Å². The van der Waals surface area contributed by atoms with Crippen LogP contribution in [0.3, 0.4) is 0 Å². The maximum atomic E-state index is 3.18. The molecule has 0 aliphatic carbocycles. The molecule has 0 spiro atoms. The quantitative estimate of drug-likeness (QED) is 0.214. The summed E-state index contributed by atoms with van der Waals surface area (Å²) in [6.45, 7) is 0.800. The van der Waals surface area contributed by atoms with Gasteiger partial charge in [-0.25, -0.2) is 0 Å². The van der Waals surface area contributed by atoms with E-state index in [9.17, 15) is 0 Å². The summed E-state index contributed by atoms with van der Waals surface area (Å²) in [6.07, 6.45) is 0. The van der Waals surface area contributed by atoms with Gasteiger partial charge in [-0.3, -0.25) is 0 Å². The molecule has 21 heteroatoms. The van der Waals surface area contributed by atoms with Crippen LogP contribution in [0.2, 0.25) is 0 Å². The third-order valence-electron chi connectivity index (χ3n) is 1.65. The molecule has 0 N–H and O–H groups in total. The van der Waals surface area contributed by atoms with Crippen molar-refractivity contribution in [3.8, 4) is 0 Å². The lowest BCUT2D eigenvalue weighted by atomic mass is 28.5. The smallest absolute Gasteiger partial charge is 0.00109 e. The van der Waals surface area contributed by atoms with Crippen molar-refractivity contribution in [2.75, 3.05) is 0 Å². The van der Waals surface area contributed by atoms with Crippen LogP contribution in [0.1, 0.15) is 0 Å². The predicted molar refractivity (Wildman–Crippen MR) is 177 cm³/mol. The van der Waals surface area contributed by atoms with E-state index >= 15 is 0 Å². The Kier molecular flexibility index (Phi) is 23.8. The SMILES string of the molecule is PPP(P(P)P)P(P(P(P)P)P(P)P)P(P(P)P)P(P)P. The molecular weight excluding hydrogens is 650 g/mol. The molecule has 0 saturated heterocycles. The summed E-state index contributed by atoms with van der Waals surface area (Å²) in [4.78, 5) is 0. The van der Waals surface area contributed by atoms with E-state index < -0.39 is 0 Å². The van der Waals surface area contributed by atoms with E-state index in [4.69, 9.17) is 0 Å². The van der Waals surface area contributed by atoms with Crippen LogP contribution in [0.25, 0.3) is 0 Å². The molecule has 0 aromatic carbocycles. The maximum absolute atomic E-state index is 3.18. The molecule has 13 unspecified atom stereocenters. The highest BCUT2D eigenvalue weighted by Gasteiger charge is 2.42. The van der Waals surface area contributed by atoms with Crippen LogP contribution >= 0.6 is 169 Å². The Bertz CT molecular complexity index is 223. The fraction of sp³-hybridized carbons (Fsp3) is 0. The van der Waals surface area contributed by atoms with Gasteiger partial charge in [-0.15, -0.1) is 98.2 Å². The first-order valence-electron chi connectivity index (χ1n) is 4.69. The normalized spacial score (nSPS) is 15.6. The molecule has 0 heterocycles. The maximum Gasteiger partial charge on any atom is -0.00109 e. The number of hydrogen-bond donors (Lipinski definition) is 0. The van der Waals surface area contributed by atoms with E-state index in [2.05, 4.69) is 98.2 Å². The van der Waals surface area contributed by atoms with Crippen molar-refractivity contribution in [2.24, 2.45) is 0 Å². The molecule has 0 rings (SSSR count). The summed E-state index contributed by atoms with van der Waals surface area (Å²) in [5.41, 5.74) is 0. The van der Waals surface area contributed by atoms with Crippen molar-refractivity contribution in [2.45, 2.75) is 0 Å². The summed E-state index contributed by atoms with van der Waals surface area (Å²) in [5.74, 6) is 0. The molecule has 0 aromatic rings. The Hall–Kier alpha value is 9.03. The van der Waals surface area contributed by atoms with Crippen LogP contribution in [-0.2, 0) is 0 Å². The van der Waals surface area contributed by atoms with E-state index in [0.29, 0.717) is 0 Å². The lowest BCUT2D eigenvalue weighted by Crippen LogP contribution is -1.57. The number of rotatable bonds is 9. The van der Waals surface area contributed by atoms with Gasteiger partial charge in [0.2, 0.25) is 0 Å². The molecule has 21 heavy (non-hydrogen) atoms. The average Bonchev–Trinajstić information content (AvgIpc) is 2.26. The average molecular weight is 674 g/mol. The summed E-state index contributed by atoms with van der Waals surface area (Å²) >= 11 is 0. The van der Waals surface area contributed by atoms with Gasteiger partial charge in [-0.2, -0.15) is 0 Å². The first kappa shape index (κ1) is 30.0. The molecule has 0 nitrogen and oxygen atoms in total. The highest BCUT2D eigenvalue weighted by Crippen LogP contribution is 3.31. The van der Waals surface area contributed by atoms with Crippen molar-refractivity contribution in [1.29, 1.82) is 0 Å². The molecule has 13 atom stereocenters. The zero-order valence-electron chi connectivity index (χ0n) is 10.9. The Morgan fingerprint density at radius 3 is 0.857 bits per heavy atom. The van der Waals surface area contributed by atoms with Crippen LogP contribution in [0.4, 0.5) is 0 Å². The zero-order valence-corrected chi connectivity index (χ0v) is 32.6. The highest BCUT2D eigenvalue weighted by atomic mass is 33.4. The van der Waals surface area contributed by atoms with Crippen molar-refractivity contribution < 1.29 is 0 Å². The zero-order chi connectivity index (χ0) is 16.9. The minimum Gasteiger partial charge on any atom is -0.109 e. The molecule has 0 fully saturated rings. The van der Waals surface area contributed by atoms with Gasteiger partial charge in [0.25, 0.3) is 0 Å². The third kappa shape index (κ3) is 11.5. The fourth-order valence-electron chi connectivity index (χ4n) is 1.04. The van der Waals surface area contributed by atoms with E-state index in [1.807, 2.05) is 0 Å². The monoisotopic (exact) mass is 674 g/mol. The van der Waals surface area contributed by atoms with E-state index in [1.165, 1.54) is 0 Å². The summed E-state index contributed by atoms with van der Waals surface area (Å²) in [5, 5.41) is 0. The van der Waals surface area contributed by atoms with Gasteiger partial charge < -0.3 is 0 Å². The van der Waals surface area contributed by atoms with E-state index in [-0.39, 0.29) is 62.9 Å². The van der Waals surface area contributed by atoms with Crippen LogP contribution < -0.4 is 0 Å². The molecule has 0 aliphatic rings. The van der Waals surface area contributed by atoms with Gasteiger partial charge in [0.05, 0.1) is 0 Å². The van der Waals surface area contributed by atoms with Crippen LogP contribution in [-0.4, -0.2) is 0 Å². The van der Waals surface area contributed by atoms with Gasteiger partial charge in [-0.1, -0.05) is 7.96 Å². The van der Waals surface area contributed by atoms with Gasteiger partial charge >= 0.3 is 0 Å². The highest BCUT2D eigenvalue weighted by molar-refractivity contribution is 9.37. The predicted octanol–water partition coefficient (Wildman–Crippen LogP) is 11.9. The topological polar surface area (TPSA) is 0 Å². The van der Waals surface area contributed by atoms with Crippen LogP contribution in [0.15, 0.2) is 0 Å². The third-order valence-corrected chi connectivity index (χ3v) is 134. The Morgan fingerprint density at radius 1 is 0.429 bits per heavy atom. The summed E-state index contributed by atoms with van der Waals surface area (Å²) in [7, 11) is 35.9. The van der Waals surface area contributed by atoms with Gasteiger partial charge in [-0.05, 0) is 62.9 Å². The van der Waals surface area contributed by atoms with Crippen molar-refractivity contribution in [3.05, 3.63) is 0 Å². The van der Waals surface area contributed by atoms with Crippen molar-refractivity contribution in [1.82, 2.24) is 0 Å². The second-order valence-electron chi connectivity index (χ2n) is 3.12. The van der Waals surface area contributed by atoms with Gasteiger partial charge in [0.15, 0.2) is 0 Å². The molecule has 0 radical (unpaired) electrons. The second-order valence-corrected chi connectivity index (χ2v) is 84.3. The Balaban J connectivity index is 5.83. The van der Waals surface area contributed by atoms with E-state index in [1.54, 1.807) is 0 Å². The first-order chi connectivity index (χ1) is 9.56. The van der Waals surface area contributed by atoms with Gasteiger partial charge in [0.1, 0.15) is 0 Å². The molecule has 128 valence electrons. The molecule has 0 saturated carbocycles. The fourth-order valence-corrected chi connectivity index (χ4v) is 253. The minimum absolute atomic E-state index is 0.0296. The van der Waals surface area contributed by atoms with Crippen LogP contribution in [0, 0.1) is 0 Å². The Morgan fingerprint density at radius 2 is 0.714 bits per heavy atom. The largest absolute Gasteiger partial charge is 0.109 e. The molecule has 0 aromatic heterocycles. The summed E-state index contributed by atoms with van der Waals surface area (Å²) < 4.78 is 0. The molecular formula is H23P21. The lowest BCUT2D eigenvalue weighted by molar-refractivity contribution is 4.49. The summed E-state index contributed by atoms with van der Waals surface area (Å²) in [6, 6.07) is 0. The minimum atomic E-state index is 0.0296. The molecule has 0 bridgehead atoms. The number of hydrogen-bond acceptors (Lipinski definition) is 0. The molecule has 0 aliphatic heterocycles. The molecule has 0 amide bonds. The Labute approximate surface area is 167 Å². The second kappa shape index (κ2) is 16.6. The van der Waals surface area contributed by atoms with Gasteiger partial charge in [0, 0.05) is 0 Å². The first-order valence-corrected chi connectivity index (χ1v) is 42.2. The lowest BCUT2D eigenvalue weighted by Gasteiger charge is -2.46. The van der Waals surface area contributed by atoms with Crippen molar-refractivity contribution >= 4 is 169 Å². The van der Waals surface area contributed by atoms with Crippen molar-refractivity contribution in [3.63, 3.8) is 0 Å².